The van der Waals surface area contributed by atoms with Crippen molar-refractivity contribution >= 4 is 17.0 Å². The number of hydrogen-bond acceptors (Lipinski definition) is 5. The summed E-state index contributed by atoms with van der Waals surface area (Å²) in [5.41, 5.74) is 2.23. The van der Waals surface area contributed by atoms with Gasteiger partial charge in [0.2, 0.25) is 0 Å². The number of aryl methyl sites for hydroxylation is 1. The number of hydrogen-bond donors (Lipinski definition) is 2. The van der Waals surface area contributed by atoms with E-state index in [-0.39, 0.29) is 6.61 Å². The summed E-state index contributed by atoms with van der Waals surface area (Å²) in [5.74, 6) is 0. The molecular formula is C13H20N2O2S. The lowest BCUT2D eigenvalue weighted by Gasteiger charge is -2.12. The third kappa shape index (κ3) is 3.54. The zero-order chi connectivity index (χ0) is 13.0. The first kappa shape index (κ1) is 13.5. The Morgan fingerprint density at radius 1 is 1.50 bits per heavy atom. The van der Waals surface area contributed by atoms with Gasteiger partial charge in [-0.25, -0.2) is 0 Å². The minimum atomic E-state index is -0.514. The summed E-state index contributed by atoms with van der Waals surface area (Å²) in [6, 6.07) is 2.46. The summed E-state index contributed by atoms with van der Waals surface area (Å²) in [6.07, 6.45) is 1.50. The molecule has 1 atom stereocenters. The maximum atomic E-state index is 9.67. The number of nitrogens with zero attached hydrogens (tertiary/aromatic N) is 1. The third-order valence-corrected chi connectivity index (χ3v) is 3.83. The highest BCUT2D eigenvalue weighted by atomic mass is 32.1. The largest absolute Gasteiger partial charge is 0.393 e. The Morgan fingerprint density at radius 3 is 3.11 bits per heavy atom. The molecule has 0 saturated heterocycles. The number of nitrogens with one attached hydrogen (secondary N) is 1. The molecule has 0 aromatic carbocycles. The highest BCUT2D eigenvalue weighted by molar-refractivity contribution is 7.10. The fraction of sp³-hybridized carbons (Fsp3) is 0.615. The molecule has 1 heterocycles. The van der Waals surface area contributed by atoms with Crippen molar-refractivity contribution in [2.75, 3.05) is 13.2 Å². The lowest BCUT2D eigenvalue weighted by molar-refractivity contribution is 0.0393. The van der Waals surface area contributed by atoms with E-state index >= 15 is 0 Å². The SMILES string of the molecule is CC(C)NCC(O)CO/N=C1\CCc2sccc21. The van der Waals surface area contributed by atoms with Crippen molar-refractivity contribution in [1.82, 2.24) is 5.32 Å². The molecule has 2 N–H and O–H groups in total. The zero-order valence-electron chi connectivity index (χ0n) is 10.8. The molecule has 0 aliphatic heterocycles. The van der Waals surface area contributed by atoms with Crippen molar-refractivity contribution in [1.29, 1.82) is 0 Å². The lowest BCUT2D eigenvalue weighted by Crippen LogP contribution is -2.34. The summed E-state index contributed by atoms with van der Waals surface area (Å²) >= 11 is 1.77. The monoisotopic (exact) mass is 268 g/mol. The lowest BCUT2D eigenvalue weighted by atomic mass is 10.2. The Kier molecular flexibility index (Phi) is 4.74. The van der Waals surface area contributed by atoms with Gasteiger partial charge >= 0.3 is 0 Å². The van der Waals surface area contributed by atoms with E-state index in [4.69, 9.17) is 4.84 Å². The van der Waals surface area contributed by atoms with Crippen LogP contribution in [0.1, 0.15) is 30.7 Å². The summed E-state index contributed by atoms with van der Waals surface area (Å²) < 4.78 is 0. The number of thiophene rings is 1. The standard InChI is InChI=1S/C13H20N2O2S/c1-9(2)14-7-10(16)8-17-15-12-3-4-13-11(12)5-6-18-13/h5-6,9-10,14,16H,3-4,7-8H2,1-2H3/b15-12+. The van der Waals surface area contributed by atoms with E-state index in [2.05, 4.69) is 21.9 Å². The van der Waals surface area contributed by atoms with Gasteiger partial charge in [0.25, 0.3) is 0 Å². The molecule has 2 rings (SSSR count). The highest BCUT2D eigenvalue weighted by Gasteiger charge is 2.19. The third-order valence-electron chi connectivity index (χ3n) is 2.85. The van der Waals surface area contributed by atoms with Crippen LogP contribution in [0.5, 0.6) is 0 Å². The minimum Gasteiger partial charge on any atom is -0.393 e. The molecular weight excluding hydrogens is 248 g/mol. The molecule has 1 aliphatic carbocycles. The minimum absolute atomic E-state index is 0.239. The summed E-state index contributed by atoms with van der Waals surface area (Å²) in [5, 5.41) is 19.1. The van der Waals surface area contributed by atoms with Crippen LogP contribution in [0.3, 0.4) is 0 Å². The van der Waals surface area contributed by atoms with Gasteiger partial charge in [-0.3, -0.25) is 0 Å². The number of aliphatic hydroxyl groups is 1. The van der Waals surface area contributed by atoms with Crippen molar-refractivity contribution in [3.8, 4) is 0 Å². The van der Waals surface area contributed by atoms with E-state index in [1.807, 2.05) is 13.8 Å². The Hall–Kier alpha value is -0.910. The van der Waals surface area contributed by atoms with Crippen LogP contribution in [-0.4, -0.2) is 36.1 Å². The molecule has 0 saturated carbocycles. The van der Waals surface area contributed by atoms with Crippen molar-refractivity contribution in [2.45, 2.75) is 38.8 Å². The van der Waals surface area contributed by atoms with Gasteiger partial charge in [-0.1, -0.05) is 19.0 Å². The second-order valence-corrected chi connectivity index (χ2v) is 5.81. The van der Waals surface area contributed by atoms with Gasteiger partial charge in [0.05, 0.1) is 5.71 Å². The van der Waals surface area contributed by atoms with E-state index in [0.717, 1.165) is 18.6 Å². The van der Waals surface area contributed by atoms with Crippen LogP contribution in [0.25, 0.3) is 0 Å². The molecule has 0 fully saturated rings. The number of aliphatic hydroxyl groups excluding tert-OH is 1. The van der Waals surface area contributed by atoms with E-state index < -0.39 is 6.10 Å². The van der Waals surface area contributed by atoms with Crippen LogP contribution < -0.4 is 5.32 Å². The zero-order valence-corrected chi connectivity index (χ0v) is 11.7. The molecule has 0 bridgehead atoms. The van der Waals surface area contributed by atoms with Crippen LogP contribution >= 0.6 is 11.3 Å². The number of fused-ring (bicyclic) bond motifs is 1. The Bertz CT molecular complexity index is 415. The fourth-order valence-electron chi connectivity index (χ4n) is 1.88. The van der Waals surface area contributed by atoms with Crippen LogP contribution in [0.15, 0.2) is 16.6 Å². The molecule has 1 aromatic rings. The first-order valence-corrected chi connectivity index (χ1v) is 7.22. The Labute approximate surface area is 112 Å². The summed E-state index contributed by atoms with van der Waals surface area (Å²) in [6.45, 7) is 4.86. The topological polar surface area (TPSA) is 53.8 Å². The molecule has 0 spiro atoms. The molecule has 1 aliphatic rings. The second kappa shape index (κ2) is 6.31. The molecule has 4 nitrogen and oxygen atoms in total. The summed E-state index contributed by atoms with van der Waals surface area (Å²) in [7, 11) is 0. The molecule has 0 radical (unpaired) electrons. The van der Waals surface area contributed by atoms with E-state index in [9.17, 15) is 5.11 Å². The van der Waals surface area contributed by atoms with Gasteiger partial charge < -0.3 is 15.3 Å². The van der Waals surface area contributed by atoms with Crippen LogP contribution in [0.2, 0.25) is 0 Å². The molecule has 1 unspecified atom stereocenters. The first-order chi connectivity index (χ1) is 8.66. The molecule has 0 amide bonds. The van der Waals surface area contributed by atoms with E-state index in [1.165, 1.54) is 10.4 Å². The first-order valence-electron chi connectivity index (χ1n) is 6.34. The predicted octanol–water partition coefficient (Wildman–Crippen LogP) is 1.77. The predicted molar refractivity (Wildman–Crippen MR) is 74.3 cm³/mol. The van der Waals surface area contributed by atoms with E-state index in [1.54, 1.807) is 11.3 Å². The fourth-order valence-corrected chi connectivity index (χ4v) is 2.79. The van der Waals surface area contributed by atoms with Gasteiger partial charge in [0, 0.05) is 23.0 Å². The Balaban J connectivity index is 1.75. The van der Waals surface area contributed by atoms with Gasteiger partial charge in [-0.2, -0.15) is 0 Å². The molecule has 18 heavy (non-hydrogen) atoms. The highest BCUT2D eigenvalue weighted by Crippen LogP contribution is 2.27. The van der Waals surface area contributed by atoms with Gasteiger partial charge in [-0.15, -0.1) is 11.3 Å². The van der Waals surface area contributed by atoms with Crippen molar-refractivity contribution in [3.05, 3.63) is 21.9 Å². The van der Waals surface area contributed by atoms with Crippen LogP contribution in [0, 0.1) is 0 Å². The van der Waals surface area contributed by atoms with E-state index in [0.29, 0.717) is 12.6 Å². The molecule has 1 aromatic heterocycles. The van der Waals surface area contributed by atoms with Gasteiger partial charge in [0.15, 0.2) is 0 Å². The van der Waals surface area contributed by atoms with Gasteiger partial charge in [-0.05, 0) is 24.3 Å². The quantitative estimate of drug-likeness (QED) is 0.773. The molecule has 100 valence electrons. The van der Waals surface area contributed by atoms with Crippen molar-refractivity contribution in [3.63, 3.8) is 0 Å². The maximum Gasteiger partial charge on any atom is 0.144 e. The normalized spacial score (nSPS) is 18.3. The van der Waals surface area contributed by atoms with Crippen molar-refractivity contribution in [2.24, 2.45) is 5.16 Å². The number of oxime groups is 1. The van der Waals surface area contributed by atoms with Crippen LogP contribution in [-0.2, 0) is 11.3 Å². The van der Waals surface area contributed by atoms with Gasteiger partial charge in [0.1, 0.15) is 12.7 Å². The molecule has 5 heteroatoms. The smallest absolute Gasteiger partial charge is 0.144 e. The Morgan fingerprint density at radius 2 is 2.33 bits per heavy atom. The van der Waals surface area contributed by atoms with Crippen LogP contribution in [0.4, 0.5) is 0 Å². The average Bonchev–Trinajstić information content (AvgIpc) is 2.90. The van der Waals surface area contributed by atoms with Crippen molar-refractivity contribution < 1.29 is 9.94 Å². The average molecular weight is 268 g/mol. The number of rotatable bonds is 6. The summed E-state index contributed by atoms with van der Waals surface area (Å²) in [4.78, 5) is 6.63. The maximum absolute atomic E-state index is 9.67. The second-order valence-electron chi connectivity index (χ2n) is 4.81.